The van der Waals surface area contributed by atoms with Gasteiger partial charge in [0.1, 0.15) is 0 Å². The van der Waals surface area contributed by atoms with Crippen LogP contribution < -0.4 is 4.90 Å². The van der Waals surface area contributed by atoms with Crippen LogP contribution in [0.15, 0.2) is 18.2 Å². The SMILES string of the molecule is O=C([C@@H]1CCCN(c2cccc3c2C(=O)N(C[C@H]2CCCO2)C3=O)C1)N1CCCC1. The summed E-state index contributed by atoms with van der Waals surface area (Å²) in [6.07, 6.45) is 5.77. The molecule has 0 radical (unpaired) electrons. The minimum absolute atomic E-state index is 0.0390. The van der Waals surface area contributed by atoms with E-state index in [9.17, 15) is 14.4 Å². The summed E-state index contributed by atoms with van der Waals surface area (Å²) in [5, 5.41) is 0. The molecule has 160 valence electrons. The smallest absolute Gasteiger partial charge is 0.263 e. The van der Waals surface area contributed by atoms with Crippen molar-refractivity contribution in [3.05, 3.63) is 29.3 Å². The fourth-order valence-electron chi connectivity index (χ4n) is 5.33. The van der Waals surface area contributed by atoms with Gasteiger partial charge in [0.05, 0.1) is 35.4 Å². The molecule has 5 rings (SSSR count). The highest BCUT2D eigenvalue weighted by molar-refractivity contribution is 6.23. The van der Waals surface area contributed by atoms with Crippen LogP contribution in [0.2, 0.25) is 0 Å². The van der Waals surface area contributed by atoms with E-state index in [-0.39, 0.29) is 29.7 Å². The van der Waals surface area contributed by atoms with Crippen LogP contribution in [0.4, 0.5) is 5.69 Å². The monoisotopic (exact) mass is 411 g/mol. The van der Waals surface area contributed by atoms with Crippen molar-refractivity contribution in [1.82, 2.24) is 9.80 Å². The van der Waals surface area contributed by atoms with Crippen molar-refractivity contribution in [2.75, 3.05) is 44.2 Å². The normalized spacial score (nSPS) is 26.6. The Hall–Kier alpha value is -2.41. The Kier molecular flexibility index (Phi) is 5.23. The van der Waals surface area contributed by atoms with E-state index in [1.165, 1.54) is 4.90 Å². The number of rotatable bonds is 4. The van der Waals surface area contributed by atoms with Crippen LogP contribution in [0.5, 0.6) is 0 Å². The van der Waals surface area contributed by atoms with Crippen molar-refractivity contribution in [2.24, 2.45) is 5.92 Å². The Balaban J connectivity index is 1.37. The average molecular weight is 412 g/mol. The Morgan fingerprint density at radius 1 is 1.00 bits per heavy atom. The van der Waals surface area contributed by atoms with Crippen molar-refractivity contribution in [2.45, 2.75) is 44.6 Å². The molecule has 4 aliphatic heterocycles. The summed E-state index contributed by atoms with van der Waals surface area (Å²) in [4.78, 5) is 44.6. The quantitative estimate of drug-likeness (QED) is 0.711. The van der Waals surface area contributed by atoms with Gasteiger partial charge in [-0.15, -0.1) is 0 Å². The van der Waals surface area contributed by atoms with Gasteiger partial charge in [0.2, 0.25) is 5.91 Å². The molecule has 0 aromatic heterocycles. The molecule has 30 heavy (non-hydrogen) atoms. The van der Waals surface area contributed by atoms with Gasteiger partial charge in [0.25, 0.3) is 11.8 Å². The molecule has 2 atom stereocenters. The molecule has 4 aliphatic rings. The van der Waals surface area contributed by atoms with Crippen LogP contribution in [0, 0.1) is 5.92 Å². The van der Waals surface area contributed by atoms with Crippen molar-refractivity contribution >= 4 is 23.4 Å². The Labute approximate surface area is 176 Å². The molecule has 1 aromatic rings. The predicted molar refractivity (Wildman–Crippen MR) is 112 cm³/mol. The van der Waals surface area contributed by atoms with E-state index in [1.807, 2.05) is 17.0 Å². The van der Waals surface area contributed by atoms with E-state index >= 15 is 0 Å². The molecule has 0 saturated carbocycles. The second-order valence-electron chi connectivity index (χ2n) is 8.87. The second-order valence-corrected chi connectivity index (χ2v) is 8.87. The number of carbonyl (C=O) groups is 3. The molecular formula is C23H29N3O4. The molecule has 7 heteroatoms. The van der Waals surface area contributed by atoms with Crippen LogP contribution in [-0.4, -0.2) is 73.0 Å². The lowest BCUT2D eigenvalue weighted by molar-refractivity contribution is -0.134. The fraction of sp³-hybridized carbons (Fsp3) is 0.609. The third-order valence-electron chi connectivity index (χ3n) is 6.92. The van der Waals surface area contributed by atoms with Crippen LogP contribution in [0.1, 0.15) is 59.2 Å². The molecule has 4 heterocycles. The molecule has 0 spiro atoms. The first-order chi connectivity index (χ1) is 14.6. The first kappa shape index (κ1) is 19.5. The molecule has 0 bridgehead atoms. The Morgan fingerprint density at radius 2 is 1.83 bits per heavy atom. The summed E-state index contributed by atoms with van der Waals surface area (Å²) in [5.41, 5.74) is 1.76. The number of carbonyl (C=O) groups excluding carboxylic acids is 3. The molecular weight excluding hydrogens is 382 g/mol. The second kappa shape index (κ2) is 8.02. The zero-order chi connectivity index (χ0) is 20.7. The van der Waals surface area contributed by atoms with Gasteiger partial charge < -0.3 is 14.5 Å². The zero-order valence-electron chi connectivity index (χ0n) is 17.3. The lowest BCUT2D eigenvalue weighted by Crippen LogP contribution is -2.44. The van der Waals surface area contributed by atoms with E-state index in [0.717, 1.165) is 63.8 Å². The molecule has 1 aromatic carbocycles. The number of amides is 3. The van der Waals surface area contributed by atoms with Gasteiger partial charge in [-0.1, -0.05) is 6.07 Å². The molecule has 3 fully saturated rings. The number of hydrogen-bond donors (Lipinski definition) is 0. The average Bonchev–Trinajstić information content (AvgIpc) is 3.53. The maximum atomic E-state index is 13.2. The summed E-state index contributed by atoms with van der Waals surface area (Å²) >= 11 is 0. The number of benzene rings is 1. The molecule has 0 N–H and O–H groups in total. The predicted octanol–water partition coefficient (Wildman–Crippen LogP) is 2.30. The lowest BCUT2D eigenvalue weighted by atomic mass is 9.95. The zero-order valence-corrected chi connectivity index (χ0v) is 17.3. The molecule has 0 aliphatic carbocycles. The van der Waals surface area contributed by atoms with Crippen LogP contribution in [-0.2, 0) is 9.53 Å². The third kappa shape index (κ3) is 3.39. The number of likely N-dealkylation sites (tertiary alicyclic amines) is 1. The Bertz CT molecular complexity index is 858. The molecule has 3 saturated heterocycles. The van der Waals surface area contributed by atoms with E-state index in [4.69, 9.17) is 4.74 Å². The summed E-state index contributed by atoms with van der Waals surface area (Å²) in [7, 11) is 0. The van der Waals surface area contributed by atoms with Crippen LogP contribution >= 0.6 is 0 Å². The molecule has 7 nitrogen and oxygen atoms in total. The highest BCUT2D eigenvalue weighted by Gasteiger charge is 2.41. The van der Waals surface area contributed by atoms with Gasteiger partial charge in [-0.05, 0) is 50.7 Å². The lowest BCUT2D eigenvalue weighted by Gasteiger charge is -2.36. The van der Waals surface area contributed by atoms with Crippen molar-refractivity contribution < 1.29 is 19.1 Å². The number of piperidine rings is 1. The van der Waals surface area contributed by atoms with E-state index in [2.05, 4.69) is 4.90 Å². The minimum atomic E-state index is -0.228. The van der Waals surface area contributed by atoms with E-state index < -0.39 is 0 Å². The highest BCUT2D eigenvalue weighted by atomic mass is 16.5. The van der Waals surface area contributed by atoms with Gasteiger partial charge in [0, 0.05) is 32.8 Å². The Morgan fingerprint density at radius 3 is 2.60 bits per heavy atom. The maximum absolute atomic E-state index is 13.2. The maximum Gasteiger partial charge on any atom is 0.263 e. The number of fused-ring (bicyclic) bond motifs is 1. The van der Waals surface area contributed by atoms with E-state index in [1.54, 1.807) is 6.07 Å². The number of anilines is 1. The summed E-state index contributed by atoms with van der Waals surface area (Å²) in [6, 6.07) is 5.51. The van der Waals surface area contributed by atoms with Crippen molar-refractivity contribution in [3.63, 3.8) is 0 Å². The highest BCUT2D eigenvalue weighted by Crippen LogP contribution is 2.35. The first-order valence-corrected chi connectivity index (χ1v) is 11.3. The molecule has 0 unspecified atom stereocenters. The van der Waals surface area contributed by atoms with Gasteiger partial charge in [0.15, 0.2) is 0 Å². The number of imide groups is 1. The minimum Gasteiger partial charge on any atom is -0.376 e. The van der Waals surface area contributed by atoms with Gasteiger partial charge >= 0.3 is 0 Å². The number of nitrogens with zero attached hydrogens (tertiary/aromatic N) is 3. The van der Waals surface area contributed by atoms with E-state index in [0.29, 0.717) is 30.8 Å². The first-order valence-electron chi connectivity index (χ1n) is 11.3. The standard InChI is InChI=1S/C23H29N3O4/c27-21(24-10-1-2-11-24)16-6-4-12-25(14-16)19-9-3-8-18-20(19)23(29)26(22(18)28)15-17-7-5-13-30-17/h3,8-9,16-17H,1-2,4-7,10-15H2/t16-,17-/m1/s1. The fourth-order valence-corrected chi connectivity index (χ4v) is 5.33. The van der Waals surface area contributed by atoms with Crippen molar-refractivity contribution in [3.8, 4) is 0 Å². The largest absolute Gasteiger partial charge is 0.376 e. The number of ether oxygens (including phenoxy) is 1. The van der Waals surface area contributed by atoms with Gasteiger partial charge in [-0.25, -0.2) is 0 Å². The third-order valence-corrected chi connectivity index (χ3v) is 6.92. The number of hydrogen-bond acceptors (Lipinski definition) is 5. The van der Waals surface area contributed by atoms with Crippen molar-refractivity contribution in [1.29, 1.82) is 0 Å². The summed E-state index contributed by atoms with van der Waals surface area (Å²) in [5.74, 6) is -0.252. The van der Waals surface area contributed by atoms with Crippen LogP contribution in [0.25, 0.3) is 0 Å². The van der Waals surface area contributed by atoms with Crippen LogP contribution in [0.3, 0.4) is 0 Å². The van der Waals surface area contributed by atoms with Gasteiger partial charge in [-0.3, -0.25) is 19.3 Å². The summed E-state index contributed by atoms with van der Waals surface area (Å²) < 4.78 is 5.65. The topological polar surface area (TPSA) is 70.2 Å². The molecule has 3 amide bonds. The summed E-state index contributed by atoms with van der Waals surface area (Å²) in [6.45, 7) is 4.15. The van der Waals surface area contributed by atoms with Gasteiger partial charge in [-0.2, -0.15) is 0 Å².